The summed E-state index contributed by atoms with van der Waals surface area (Å²) < 4.78 is 6.41. The maximum atomic E-state index is 14.3. The first kappa shape index (κ1) is 42.2. The number of hydroxylamine groups is 2. The highest BCUT2D eigenvalue weighted by Gasteiger charge is 2.58. The van der Waals surface area contributed by atoms with Crippen molar-refractivity contribution in [1.29, 1.82) is 0 Å². The number of carbonyl (C=O) groups is 2. The predicted molar refractivity (Wildman–Crippen MR) is 210 cm³/mol. The van der Waals surface area contributed by atoms with Gasteiger partial charge in [0.15, 0.2) is 0 Å². The number of rotatable bonds is 14. The van der Waals surface area contributed by atoms with E-state index in [0.29, 0.717) is 60.3 Å². The molecule has 0 spiro atoms. The number of ether oxygens (including phenoxy) is 1. The van der Waals surface area contributed by atoms with Crippen LogP contribution in [0.5, 0.6) is 0 Å². The van der Waals surface area contributed by atoms with Gasteiger partial charge in [-0.15, -0.1) is 0 Å². The Morgan fingerprint density at radius 1 is 1.04 bits per heavy atom. The molecule has 12 heteroatoms. The third-order valence-corrected chi connectivity index (χ3v) is 15.8. The highest BCUT2D eigenvalue weighted by molar-refractivity contribution is 5.83. The molecule has 2 saturated heterocycles. The van der Waals surface area contributed by atoms with Gasteiger partial charge in [-0.3, -0.25) is 25.1 Å². The summed E-state index contributed by atoms with van der Waals surface area (Å²) >= 11 is 0. The van der Waals surface area contributed by atoms with E-state index in [1.54, 1.807) is 12.0 Å². The quantitative estimate of drug-likeness (QED) is 0.156. The van der Waals surface area contributed by atoms with E-state index in [2.05, 4.69) is 74.9 Å². The summed E-state index contributed by atoms with van der Waals surface area (Å²) in [5.74, 6) is 1.71. The third-order valence-electron chi connectivity index (χ3n) is 15.8. The number of nitrogens with one attached hydrogen (secondary N) is 4. The van der Waals surface area contributed by atoms with Gasteiger partial charge in [-0.2, -0.15) is 5.06 Å². The fourth-order valence-corrected chi connectivity index (χ4v) is 12.5. The molecule has 2 heterocycles. The summed E-state index contributed by atoms with van der Waals surface area (Å²) in [6.07, 6.45) is 8.62. The highest BCUT2D eigenvalue weighted by atomic mass is 16.7. The van der Waals surface area contributed by atoms with Crippen LogP contribution in [0.15, 0.2) is 0 Å². The van der Waals surface area contributed by atoms with Crippen molar-refractivity contribution in [3.05, 3.63) is 0 Å². The van der Waals surface area contributed by atoms with Crippen molar-refractivity contribution in [2.45, 2.75) is 160 Å². The third kappa shape index (κ3) is 8.43. The smallest absolute Gasteiger partial charge is 0.240 e. The summed E-state index contributed by atoms with van der Waals surface area (Å²) in [4.78, 5) is 36.9. The molecule has 310 valence electrons. The summed E-state index contributed by atoms with van der Waals surface area (Å²) in [5.41, 5.74) is 0.315. The molecule has 0 aromatic carbocycles. The Labute approximate surface area is 325 Å². The topological polar surface area (TPSA) is 148 Å². The minimum atomic E-state index is -0.828. The van der Waals surface area contributed by atoms with E-state index in [1.165, 1.54) is 6.42 Å². The van der Waals surface area contributed by atoms with E-state index >= 15 is 0 Å². The van der Waals surface area contributed by atoms with Gasteiger partial charge in [0, 0.05) is 62.1 Å². The molecule has 2 amide bonds. The lowest BCUT2D eigenvalue weighted by molar-refractivity contribution is -0.193. The first-order valence-corrected chi connectivity index (χ1v) is 21.7. The van der Waals surface area contributed by atoms with Crippen LogP contribution in [0.1, 0.15) is 106 Å². The van der Waals surface area contributed by atoms with E-state index in [9.17, 15) is 19.8 Å². The molecule has 0 aromatic rings. The van der Waals surface area contributed by atoms with Crippen molar-refractivity contribution in [1.82, 2.24) is 31.2 Å². The first-order valence-electron chi connectivity index (χ1n) is 21.7. The van der Waals surface area contributed by atoms with Crippen LogP contribution in [0.3, 0.4) is 0 Å². The van der Waals surface area contributed by atoms with Gasteiger partial charge < -0.3 is 30.5 Å². The Morgan fingerprint density at radius 3 is 2.31 bits per heavy atom. The Bertz CT molecular complexity index is 1260. The number of carbonyl (C=O) groups excluding carboxylic acids is 2. The number of aliphatic hydroxyl groups excluding tert-OH is 2. The fraction of sp³-hybridized carbons (Fsp3) is 0.952. The number of methoxy groups -OCH3 is 1. The zero-order valence-corrected chi connectivity index (χ0v) is 34.9. The second-order valence-corrected chi connectivity index (χ2v) is 19.3. The van der Waals surface area contributed by atoms with Crippen LogP contribution in [0, 0.1) is 52.8 Å². The number of amides is 2. The van der Waals surface area contributed by atoms with Crippen LogP contribution >= 0.6 is 0 Å². The van der Waals surface area contributed by atoms with Crippen LogP contribution in [0.25, 0.3) is 0 Å². The second-order valence-electron chi connectivity index (χ2n) is 19.3. The Hall–Kier alpha value is -1.38. The number of hydrogen-bond acceptors (Lipinski definition) is 10. The molecule has 16 atom stereocenters. The molecule has 0 radical (unpaired) electrons. The highest BCUT2D eigenvalue weighted by Crippen LogP contribution is 2.61. The summed E-state index contributed by atoms with van der Waals surface area (Å²) in [7, 11) is 6.07. The molecular formula is C42H76N6O6. The molecule has 2 bridgehead atoms. The number of nitrogens with zero attached hydrogens (tertiary/aromatic N) is 2. The van der Waals surface area contributed by atoms with Gasteiger partial charge in [0.05, 0.1) is 25.0 Å². The lowest BCUT2D eigenvalue weighted by Crippen LogP contribution is -2.62. The fourth-order valence-electron chi connectivity index (χ4n) is 12.5. The zero-order valence-electron chi connectivity index (χ0n) is 34.9. The maximum absolute atomic E-state index is 14.3. The monoisotopic (exact) mass is 761 g/mol. The molecule has 7 fully saturated rings. The number of hydrogen-bond donors (Lipinski definition) is 6. The Balaban J connectivity index is 1.13. The molecule has 6 N–H and O–H groups in total. The molecule has 7 rings (SSSR count). The second kappa shape index (κ2) is 17.6. The molecule has 5 aliphatic carbocycles. The van der Waals surface area contributed by atoms with E-state index in [0.717, 1.165) is 57.8 Å². The SMILES string of the molecule is CCC1NC(CNC(=O)C2CC(C3CCCC(CN4O[C@@H](CO)[C@H]([C@H](C)O)[C@H]4C(=O)N[C@H]4C[C@H]5C[C@@H]([C@@H]4C)C5(C)C)C3OC)CC(N(C)C)C2)NC1CC. The van der Waals surface area contributed by atoms with Crippen molar-refractivity contribution >= 4 is 11.8 Å². The van der Waals surface area contributed by atoms with Gasteiger partial charge >= 0.3 is 0 Å². The molecule has 12 nitrogen and oxygen atoms in total. The van der Waals surface area contributed by atoms with Gasteiger partial charge in [-0.05, 0) is 114 Å². The van der Waals surface area contributed by atoms with E-state index < -0.39 is 24.2 Å². The lowest BCUT2D eigenvalue weighted by Gasteiger charge is -2.62. The Morgan fingerprint density at radius 2 is 1.74 bits per heavy atom. The van der Waals surface area contributed by atoms with Gasteiger partial charge in [0.25, 0.3) is 0 Å². The van der Waals surface area contributed by atoms with Gasteiger partial charge in [-0.1, -0.05) is 41.0 Å². The standard InChI is InChI=1S/C42H76N6O6/c1-10-32-33(11-2)45-36(44-32)20-43-40(51)27-15-26(16-29(17-27)47(7)8)30-14-12-13-25(39(30)53-9)21-48-38(37(24(4)50)35(22-49)54-48)41(52)46-34-19-28-18-31(23(34)3)42(28,5)6/h23-39,44-45,49-50H,10-22H2,1-9H3,(H,43,51)(H,46,52)/t23-,24-,25?,26?,27?,28+,29?,30?,31-,32?,33?,34-,35-,36?,37-,38-,39?/m0/s1. The van der Waals surface area contributed by atoms with E-state index in [1.807, 2.05) is 7.11 Å². The number of fused-ring (bicyclic) bond motifs is 2. The van der Waals surface area contributed by atoms with Gasteiger partial charge in [-0.25, -0.2) is 0 Å². The van der Waals surface area contributed by atoms with Crippen molar-refractivity contribution in [3.63, 3.8) is 0 Å². The average Bonchev–Trinajstić information content (AvgIpc) is 3.74. The van der Waals surface area contributed by atoms with E-state index in [4.69, 9.17) is 9.57 Å². The van der Waals surface area contributed by atoms with Crippen LogP contribution in [0.4, 0.5) is 0 Å². The zero-order chi connectivity index (χ0) is 39.1. The molecule has 2 aliphatic heterocycles. The summed E-state index contributed by atoms with van der Waals surface area (Å²) in [5, 5.41) is 37.3. The molecule has 8 unspecified atom stereocenters. The predicted octanol–water partition coefficient (Wildman–Crippen LogP) is 3.12. The first-order chi connectivity index (χ1) is 25.7. The minimum absolute atomic E-state index is 0.0598. The van der Waals surface area contributed by atoms with Crippen LogP contribution in [0.2, 0.25) is 0 Å². The van der Waals surface area contributed by atoms with Crippen LogP contribution < -0.4 is 21.3 Å². The van der Waals surface area contributed by atoms with E-state index in [-0.39, 0.29) is 54.5 Å². The minimum Gasteiger partial charge on any atom is -0.394 e. The largest absolute Gasteiger partial charge is 0.394 e. The average molecular weight is 761 g/mol. The number of aliphatic hydroxyl groups is 2. The van der Waals surface area contributed by atoms with Gasteiger partial charge in [0.2, 0.25) is 11.8 Å². The van der Waals surface area contributed by atoms with Crippen molar-refractivity contribution in [2.24, 2.45) is 52.8 Å². The van der Waals surface area contributed by atoms with Crippen LogP contribution in [-0.2, 0) is 19.2 Å². The molecule has 5 saturated carbocycles. The van der Waals surface area contributed by atoms with Crippen molar-refractivity contribution in [3.8, 4) is 0 Å². The normalized spacial score (nSPS) is 44.1. The van der Waals surface area contributed by atoms with Crippen molar-refractivity contribution in [2.75, 3.05) is 40.9 Å². The maximum Gasteiger partial charge on any atom is 0.240 e. The Kier molecular flexibility index (Phi) is 13.8. The lowest BCUT2D eigenvalue weighted by atomic mass is 9.45. The van der Waals surface area contributed by atoms with Gasteiger partial charge in [0.1, 0.15) is 12.1 Å². The van der Waals surface area contributed by atoms with Crippen molar-refractivity contribution < 1.29 is 29.4 Å². The summed E-state index contributed by atoms with van der Waals surface area (Å²) in [6, 6.07) is 0.559. The molecule has 54 heavy (non-hydrogen) atoms. The summed E-state index contributed by atoms with van der Waals surface area (Å²) in [6.45, 7) is 13.9. The molecule has 0 aromatic heterocycles. The molecule has 7 aliphatic rings. The molecular weight excluding hydrogens is 684 g/mol. The van der Waals surface area contributed by atoms with Crippen LogP contribution in [-0.4, -0.2) is 128 Å².